The standard InChI is InChI=1S/C20H21ClN2O5/c1-27-19(25)10-17(15-6-2-3-7-16(15)21)22-20(26)13-9-18(24)23(11-13)12-14-5-4-8-28-14/h2-8,13,17H,9-12H2,1H3,(H,22,26). The molecule has 2 aromatic rings. The Morgan fingerprint density at radius 1 is 1.32 bits per heavy atom. The minimum absolute atomic E-state index is 0.0528. The maximum Gasteiger partial charge on any atom is 0.307 e. The molecule has 1 aliphatic heterocycles. The molecule has 1 aromatic heterocycles. The van der Waals surface area contributed by atoms with Crippen LogP contribution >= 0.6 is 11.6 Å². The summed E-state index contributed by atoms with van der Waals surface area (Å²) in [6, 6.07) is 9.89. The van der Waals surface area contributed by atoms with E-state index in [0.29, 0.717) is 29.4 Å². The van der Waals surface area contributed by atoms with E-state index in [9.17, 15) is 14.4 Å². The average molecular weight is 405 g/mol. The van der Waals surface area contributed by atoms with Gasteiger partial charge in [-0.15, -0.1) is 0 Å². The fraction of sp³-hybridized carbons (Fsp3) is 0.350. The highest BCUT2D eigenvalue weighted by atomic mass is 35.5. The molecule has 1 N–H and O–H groups in total. The Morgan fingerprint density at radius 3 is 2.79 bits per heavy atom. The first kappa shape index (κ1) is 19.9. The molecule has 1 aliphatic rings. The predicted molar refractivity (Wildman–Crippen MR) is 101 cm³/mol. The molecule has 2 heterocycles. The number of benzene rings is 1. The van der Waals surface area contributed by atoms with Crippen LogP contribution in [0.4, 0.5) is 0 Å². The Bertz CT molecular complexity index is 852. The summed E-state index contributed by atoms with van der Waals surface area (Å²) in [5.41, 5.74) is 0.625. The number of likely N-dealkylation sites (tertiary alicyclic amines) is 1. The van der Waals surface area contributed by atoms with Crippen LogP contribution in [0, 0.1) is 5.92 Å². The fourth-order valence-corrected chi connectivity index (χ4v) is 3.49. The third-order valence-corrected chi connectivity index (χ3v) is 5.05. The SMILES string of the molecule is COC(=O)CC(NC(=O)C1CC(=O)N(Cc2ccco2)C1)c1ccccc1Cl. The Labute approximate surface area is 167 Å². The number of hydrogen-bond donors (Lipinski definition) is 1. The molecule has 1 aromatic carbocycles. The van der Waals surface area contributed by atoms with Crippen LogP contribution in [-0.4, -0.2) is 36.3 Å². The number of amides is 2. The van der Waals surface area contributed by atoms with Crippen molar-refractivity contribution in [2.45, 2.75) is 25.4 Å². The normalized spacial score (nSPS) is 17.4. The van der Waals surface area contributed by atoms with Crippen molar-refractivity contribution in [1.29, 1.82) is 0 Å². The Kier molecular flexibility index (Phi) is 6.36. The van der Waals surface area contributed by atoms with Gasteiger partial charge in [-0.2, -0.15) is 0 Å². The zero-order valence-electron chi connectivity index (χ0n) is 15.4. The largest absolute Gasteiger partial charge is 0.469 e. The van der Waals surface area contributed by atoms with Crippen LogP contribution in [0.15, 0.2) is 47.1 Å². The van der Waals surface area contributed by atoms with Gasteiger partial charge in [0, 0.05) is 18.0 Å². The molecule has 28 heavy (non-hydrogen) atoms. The number of hydrogen-bond acceptors (Lipinski definition) is 5. The van der Waals surface area contributed by atoms with Gasteiger partial charge in [0.1, 0.15) is 5.76 Å². The number of furan rings is 1. The Balaban J connectivity index is 1.68. The number of carbonyl (C=O) groups excluding carboxylic acids is 3. The van der Waals surface area contributed by atoms with Gasteiger partial charge in [0.15, 0.2) is 0 Å². The third-order valence-electron chi connectivity index (χ3n) is 4.71. The summed E-state index contributed by atoms with van der Waals surface area (Å²) in [5, 5.41) is 3.30. The zero-order valence-corrected chi connectivity index (χ0v) is 16.1. The number of carbonyl (C=O) groups is 3. The number of methoxy groups -OCH3 is 1. The molecule has 8 heteroatoms. The van der Waals surface area contributed by atoms with Crippen molar-refractivity contribution in [2.24, 2.45) is 5.92 Å². The maximum atomic E-state index is 12.8. The molecule has 0 saturated carbocycles. The van der Waals surface area contributed by atoms with Gasteiger partial charge in [-0.25, -0.2) is 0 Å². The van der Waals surface area contributed by atoms with E-state index in [1.807, 2.05) is 0 Å². The van der Waals surface area contributed by atoms with E-state index in [1.165, 1.54) is 7.11 Å². The van der Waals surface area contributed by atoms with Crippen LogP contribution in [-0.2, 0) is 25.7 Å². The topological polar surface area (TPSA) is 88.8 Å². The lowest BCUT2D eigenvalue weighted by Gasteiger charge is -2.21. The molecule has 3 rings (SSSR count). The molecule has 0 bridgehead atoms. The highest BCUT2D eigenvalue weighted by Crippen LogP contribution is 2.27. The van der Waals surface area contributed by atoms with Crippen LogP contribution in [0.2, 0.25) is 5.02 Å². The van der Waals surface area contributed by atoms with Gasteiger partial charge in [0.05, 0.1) is 38.3 Å². The van der Waals surface area contributed by atoms with Crippen molar-refractivity contribution in [2.75, 3.05) is 13.7 Å². The predicted octanol–water partition coefficient (Wildman–Crippen LogP) is 2.70. The van der Waals surface area contributed by atoms with E-state index >= 15 is 0 Å². The highest BCUT2D eigenvalue weighted by Gasteiger charge is 2.36. The van der Waals surface area contributed by atoms with Crippen molar-refractivity contribution in [3.63, 3.8) is 0 Å². The quantitative estimate of drug-likeness (QED) is 0.717. The number of rotatable bonds is 7. The molecule has 148 valence electrons. The van der Waals surface area contributed by atoms with E-state index in [2.05, 4.69) is 5.32 Å². The Hall–Kier alpha value is -2.80. The van der Waals surface area contributed by atoms with Crippen LogP contribution in [0.5, 0.6) is 0 Å². The number of halogens is 1. The van der Waals surface area contributed by atoms with Gasteiger partial charge in [-0.05, 0) is 23.8 Å². The lowest BCUT2D eigenvalue weighted by atomic mass is 10.0. The van der Waals surface area contributed by atoms with Crippen molar-refractivity contribution in [1.82, 2.24) is 10.2 Å². The minimum atomic E-state index is -0.636. The first-order valence-electron chi connectivity index (χ1n) is 8.89. The molecule has 1 saturated heterocycles. The average Bonchev–Trinajstić information content (AvgIpc) is 3.32. The lowest BCUT2D eigenvalue weighted by molar-refractivity contribution is -0.141. The molecule has 2 amide bonds. The molecule has 2 atom stereocenters. The van der Waals surface area contributed by atoms with Crippen molar-refractivity contribution < 1.29 is 23.5 Å². The van der Waals surface area contributed by atoms with Crippen LogP contribution in [0.1, 0.15) is 30.2 Å². The number of nitrogens with one attached hydrogen (secondary N) is 1. The van der Waals surface area contributed by atoms with Gasteiger partial charge in [-0.1, -0.05) is 29.8 Å². The van der Waals surface area contributed by atoms with E-state index in [0.717, 1.165) is 0 Å². The van der Waals surface area contributed by atoms with Gasteiger partial charge in [0.2, 0.25) is 11.8 Å². The lowest BCUT2D eigenvalue weighted by Crippen LogP contribution is -2.36. The second-order valence-corrected chi connectivity index (χ2v) is 7.02. The molecular formula is C20H21ClN2O5. The Morgan fingerprint density at radius 2 is 2.11 bits per heavy atom. The number of nitrogens with zero attached hydrogens (tertiary/aromatic N) is 1. The third kappa shape index (κ3) is 4.72. The second-order valence-electron chi connectivity index (χ2n) is 6.62. The van der Waals surface area contributed by atoms with Crippen LogP contribution < -0.4 is 5.32 Å². The van der Waals surface area contributed by atoms with Gasteiger partial charge in [-0.3, -0.25) is 14.4 Å². The minimum Gasteiger partial charge on any atom is -0.469 e. The molecule has 7 nitrogen and oxygen atoms in total. The molecule has 2 unspecified atom stereocenters. The maximum absolute atomic E-state index is 12.8. The second kappa shape index (κ2) is 8.93. The summed E-state index contributed by atoms with van der Waals surface area (Å²) in [5.74, 6) is -0.728. The molecule has 0 spiro atoms. The van der Waals surface area contributed by atoms with E-state index in [1.54, 1.807) is 47.6 Å². The fourth-order valence-electron chi connectivity index (χ4n) is 3.23. The summed E-state index contributed by atoms with van der Waals surface area (Å²) in [6.45, 7) is 0.616. The van der Waals surface area contributed by atoms with E-state index in [4.69, 9.17) is 20.8 Å². The molecule has 0 radical (unpaired) electrons. The first-order chi connectivity index (χ1) is 13.5. The molecule has 1 fully saturated rings. The smallest absolute Gasteiger partial charge is 0.307 e. The summed E-state index contributed by atoms with van der Waals surface area (Å²) in [4.78, 5) is 38.4. The van der Waals surface area contributed by atoms with E-state index < -0.39 is 17.9 Å². The van der Waals surface area contributed by atoms with Crippen LogP contribution in [0.3, 0.4) is 0 Å². The monoisotopic (exact) mass is 404 g/mol. The van der Waals surface area contributed by atoms with E-state index in [-0.39, 0.29) is 24.7 Å². The zero-order chi connectivity index (χ0) is 20.1. The number of ether oxygens (including phenoxy) is 1. The van der Waals surface area contributed by atoms with Crippen molar-refractivity contribution in [3.8, 4) is 0 Å². The number of esters is 1. The van der Waals surface area contributed by atoms with Gasteiger partial charge < -0.3 is 19.4 Å². The molecule has 0 aliphatic carbocycles. The highest BCUT2D eigenvalue weighted by molar-refractivity contribution is 6.31. The van der Waals surface area contributed by atoms with Crippen LogP contribution in [0.25, 0.3) is 0 Å². The summed E-state index contributed by atoms with van der Waals surface area (Å²) >= 11 is 6.24. The molecular weight excluding hydrogens is 384 g/mol. The van der Waals surface area contributed by atoms with Crippen molar-refractivity contribution in [3.05, 3.63) is 59.0 Å². The summed E-state index contributed by atoms with van der Waals surface area (Å²) in [7, 11) is 1.29. The first-order valence-corrected chi connectivity index (χ1v) is 9.27. The summed E-state index contributed by atoms with van der Waals surface area (Å²) in [6.07, 6.45) is 1.60. The van der Waals surface area contributed by atoms with Gasteiger partial charge in [0.25, 0.3) is 0 Å². The summed E-state index contributed by atoms with van der Waals surface area (Å²) < 4.78 is 10.0. The van der Waals surface area contributed by atoms with Crippen molar-refractivity contribution >= 4 is 29.4 Å². The van der Waals surface area contributed by atoms with Gasteiger partial charge >= 0.3 is 5.97 Å².